The maximum absolute atomic E-state index is 10.2. The molecule has 2 N–H and O–H groups in total. The van der Waals surface area contributed by atoms with Crippen LogP contribution in [0, 0.1) is 0 Å². The van der Waals surface area contributed by atoms with Gasteiger partial charge >= 0.3 is 5.97 Å². The predicted molar refractivity (Wildman–Crippen MR) is 34.3 cm³/mol. The molecule has 0 radical (unpaired) electrons. The molecule has 0 saturated carbocycles. The van der Waals surface area contributed by atoms with Crippen LogP contribution in [0.3, 0.4) is 0 Å². The van der Waals surface area contributed by atoms with Crippen molar-refractivity contribution in [2.45, 2.75) is 19.4 Å². The third-order valence-electron chi connectivity index (χ3n) is 0.941. The van der Waals surface area contributed by atoms with Crippen LogP contribution in [0.1, 0.15) is 13.3 Å². The van der Waals surface area contributed by atoms with Crippen LogP contribution in [0.15, 0.2) is 0 Å². The van der Waals surface area contributed by atoms with Crippen molar-refractivity contribution in [3.05, 3.63) is 0 Å². The number of aliphatic hydroxyl groups is 2. The van der Waals surface area contributed by atoms with E-state index in [2.05, 4.69) is 4.74 Å². The molecule has 0 amide bonds. The van der Waals surface area contributed by atoms with Crippen molar-refractivity contribution in [2.75, 3.05) is 13.2 Å². The van der Waals surface area contributed by atoms with Gasteiger partial charge in [-0.2, -0.15) is 0 Å². The van der Waals surface area contributed by atoms with Crippen LogP contribution < -0.4 is 0 Å². The maximum Gasteiger partial charge on any atom is 0.302 e. The average Bonchev–Trinajstić information content (AvgIpc) is 1.85. The van der Waals surface area contributed by atoms with Crippen molar-refractivity contribution >= 4 is 5.97 Å². The van der Waals surface area contributed by atoms with Crippen LogP contribution in [0.5, 0.6) is 0 Å². The number of hydrogen-bond acceptors (Lipinski definition) is 4. The van der Waals surface area contributed by atoms with Gasteiger partial charge in [0.05, 0.1) is 6.10 Å². The van der Waals surface area contributed by atoms with Gasteiger partial charge in [0.2, 0.25) is 0 Å². The van der Waals surface area contributed by atoms with E-state index in [1.165, 1.54) is 6.92 Å². The van der Waals surface area contributed by atoms with E-state index in [1.807, 2.05) is 0 Å². The van der Waals surface area contributed by atoms with Gasteiger partial charge in [-0.3, -0.25) is 4.79 Å². The summed E-state index contributed by atoms with van der Waals surface area (Å²) in [5.41, 5.74) is 0. The largest absolute Gasteiger partial charge is 0.463 e. The molecule has 4 nitrogen and oxygen atoms in total. The van der Waals surface area contributed by atoms with E-state index in [-0.39, 0.29) is 19.6 Å². The summed E-state index contributed by atoms with van der Waals surface area (Å²) in [7, 11) is 0. The van der Waals surface area contributed by atoms with Gasteiger partial charge in [0.25, 0.3) is 0 Å². The highest BCUT2D eigenvalue weighted by Crippen LogP contribution is 1.90. The van der Waals surface area contributed by atoms with Crippen molar-refractivity contribution in [1.82, 2.24) is 0 Å². The highest BCUT2D eigenvalue weighted by molar-refractivity contribution is 5.65. The highest BCUT2D eigenvalue weighted by atomic mass is 16.5. The Morgan fingerprint density at radius 2 is 2.30 bits per heavy atom. The Morgan fingerprint density at radius 3 is 2.70 bits per heavy atom. The lowest BCUT2D eigenvalue weighted by Crippen LogP contribution is -2.18. The summed E-state index contributed by atoms with van der Waals surface area (Å²) in [6.07, 6.45) is -0.498. The number of hydrogen-bond donors (Lipinski definition) is 2. The van der Waals surface area contributed by atoms with Gasteiger partial charge in [0.15, 0.2) is 0 Å². The second-order valence-corrected chi connectivity index (χ2v) is 1.97. The first kappa shape index (κ1) is 9.39. The molecule has 0 saturated heterocycles. The summed E-state index contributed by atoms with van der Waals surface area (Å²) in [5.74, 6) is -0.419. The molecule has 1 unspecified atom stereocenters. The third-order valence-corrected chi connectivity index (χ3v) is 0.941. The monoisotopic (exact) mass is 148 g/mol. The van der Waals surface area contributed by atoms with Gasteiger partial charge < -0.3 is 14.9 Å². The van der Waals surface area contributed by atoms with E-state index >= 15 is 0 Å². The zero-order chi connectivity index (χ0) is 7.98. The molecule has 0 aromatic rings. The zero-order valence-electron chi connectivity index (χ0n) is 5.91. The van der Waals surface area contributed by atoms with E-state index in [4.69, 9.17) is 10.2 Å². The van der Waals surface area contributed by atoms with Crippen LogP contribution in [-0.2, 0) is 9.53 Å². The molecule has 0 aromatic carbocycles. The molecule has 1 atom stereocenters. The second kappa shape index (κ2) is 5.20. The topological polar surface area (TPSA) is 66.8 Å². The lowest BCUT2D eigenvalue weighted by Gasteiger charge is -2.07. The molecule has 0 bridgehead atoms. The lowest BCUT2D eigenvalue weighted by molar-refractivity contribution is -0.144. The highest BCUT2D eigenvalue weighted by Gasteiger charge is 2.03. The third kappa shape index (κ3) is 5.53. The van der Waals surface area contributed by atoms with Gasteiger partial charge in [-0.15, -0.1) is 0 Å². The number of carbonyl (C=O) groups is 1. The van der Waals surface area contributed by atoms with Gasteiger partial charge in [-0.1, -0.05) is 0 Å². The normalized spacial score (nSPS) is 12.7. The molecule has 10 heavy (non-hydrogen) atoms. The Morgan fingerprint density at radius 1 is 1.70 bits per heavy atom. The molecule has 4 heteroatoms. The van der Waals surface area contributed by atoms with E-state index in [1.54, 1.807) is 0 Å². The smallest absolute Gasteiger partial charge is 0.302 e. The van der Waals surface area contributed by atoms with Crippen molar-refractivity contribution in [1.29, 1.82) is 0 Å². The Labute approximate surface area is 59.4 Å². The Hall–Kier alpha value is -0.610. The molecule has 0 aliphatic heterocycles. The predicted octanol–water partition coefficient (Wildman–Crippen LogP) is -0.707. The number of aliphatic hydroxyl groups excluding tert-OH is 2. The van der Waals surface area contributed by atoms with Crippen molar-refractivity contribution < 1.29 is 19.7 Å². The summed E-state index contributed by atoms with van der Waals surface area (Å²) in [6, 6.07) is 0. The minimum atomic E-state index is -0.742. The van der Waals surface area contributed by atoms with Crippen LogP contribution in [0.25, 0.3) is 0 Å². The van der Waals surface area contributed by atoms with E-state index in [0.29, 0.717) is 0 Å². The summed E-state index contributed by atoms with van der Waals surface area (Å²) in [4.78, 5) is 10.2. The van der Waals surface area contributed by atoms with Crippen LogP contribution in [0.2, 0.25) is 0 Å². The number of ether oxygens (including phenoxy) is 1. The quantitative estimate of drug-likeness (QED) is 0.517. The van der Waals surface area contributed by atoms with Crippen molar-refractivity contribution in [3.63, 3.8) is 0 Å². The first-order valence-corrected chi connectivity index (χ1v) is 3.09. The van der Waals surface area contributed by atoms with Gasteiger partial charge in [0, 0.05) is 13.5 Å². The summed E-state index contributed by atoms with van der Waals surface area (Å²) in [5, 5.41) is 17.2. The van der Waals surface area contributed by atoms with E-state index in [0.717, 1.165) is 0 Å². The maximum atomic E-state index is 10.2. The van der Waals surface area contributed by atoms with Crippen molar-refractivity contribution in [2.24, 2.45) is 0 Å². The van der Waals surface area contributed by atoms with Gasteiger partial charge in [0.1, 0.15) is 6.61 Å². The lowest BCUT2D eigenvalue weighted by atomic mass is 10.3. The fourth-order valence-electron chi connectivity index (χ4n) is 0.446. The van der Waals surface area contributed by atoms with Gasteiger partial charge in [-0.25, -0.2) is 0 Å². The van der Waals surface area contributed by atoms with Gasteiger partial charge in [-0.05, 0) is 6.42 Å². The molecular formula is C6H12O4. The van der Waals surface area contributed by atoms with Crippen LogP contribution in [0.4, 0.5) is 0 Å². The summed E-state index contributed by atoms with van der Waals surface area (Å²) in [6.45, 7) is 1.14. The standard InChI is InChI=1S/C6H12O4/c1-5(8)10-4-6(9)2-3-7/h6-7,9H,2-4H2,1H3. The Bertz CT molecular complexity index is 102. The van der Waals surface area contributed by atoms with E-state index < -0.39 is 12.1 Å². The second-order valence-electron chi connectivity index (χ2n) is 1.97. The first-order chi connectivity index (χ1) is 4.66. The number of esters is 1. The molecule has 60 valence electrons. The zero-order valence-corrected chi connectivity index (χ0v) is 5.91. The molecule has 0 aliphatic carbocycles. The minimum Gasteiger partial charge on any atom is -0.463 e. The molecule has 0 heterocycles. The van der Waals surface area contributed by atoms with Crippen LogP contribution in [-0.4, -0.2) is 35.5 Å². The molecule has 0 aliphatic rings. The van der Waals surface area contributed by atoms with Crippen LogP contribution >= 0.6 is 0 Å². The fraction of sp³-hybridized carbons (Fsp3) is 0.833. The summed E-state index contributed by atoms with van der Waals surface area (Å²) >= 11 is 0. The minimum absolute atomic E-state index is 0.0319. The molecule has 0 spiro atoms. The number of carbonyl (C=O) groups excluding carboxylic acids is 1. The fourth-order valence-corrected chi connectivity index (χ4v) is 0.446. The van der Waals surface area contributed by atoms with Crippen molar-refractivity contribution in [3.8, 4) is 0 Å². The first-order valence-electron chi connectivity index (χ1n) is 3.09. The molecule has 0 rings (SSSR count). The van der Waals surface area contributed by atoms with E-state index in [9.17, 15) is 4.79 Å². The summed E-state index contributed by atoms with van der Waals surface area (Å²) < 4.78 is 4.46. The molecule has 0 aromatic heterocycles. The molecular weight excluding hydrogens is 136 g/mol. The SMILES string of the molecule is CC(=O)OCC(O)CCO. The number of rotatable bonds is 4. The molecule has 0 fully saturated rings. The Kier molecular flexibility index (Phi) is 4.88. The Balaban J connectivity index is 3.21. The average molecular weight is 148 g/mol.